The highest BCUT2D eigenvalue weighted by atomic mass is 32.2. The average molecular weight is 500 g/mol. The number of quaternary nitrogens is 1. The van der Waals surface area contributed by atoms with Crippen LogP contribution < -0.4 is 19.6 Å². The van der Waals surface area contributed by atoms with Crippen LogP contribution in [0.2, 0.25) is 0 Å². The predicted octanol–water partition coefficient (Wildman–Crippen LogP) is 2.95. The fourth-order valence-electron chi connectivity index (χ4n) is 5.68. The molecule has 1 N–H and O–H groups in total. The van der Waals surface area contributed by atoms with Crippen molar-refractivity contribution in [2.24, 2.45) is 0 Å². The van der Waals surface area contributed by atoms with Crippen molar-refractivity contribution in [3.8, 4) is 0 Å². The number of carbonyl (C=O) groups is 2. The molecule has 36 heavy (non-hydrogen) atoms. The summed E-state index contributed by atoms with van der Waals surface area (Å²) in [5, 5.41) is 0. The molecule has 0 aromatic heterocycles. The lowest BCUT2D eigenvalue weighted by atomic mass is 10.0. The topological polar surface area (TPSA) is 48.3 Å². The van der Waals surface area contributed by atoms with Gasteiger partial charge in [-0.15, -0.1) is 11.8 Å². The van der Waals surface area contributed by atoms with Crippen LogP contribution >= 0.6 is 11.8 Å². The summed E-state index contributed by atoms with van der Waals surface area (Å²) in [6, 6.07) is 24.6. The standard InChI is InChI=1S/C29H30N4O2S/c1-21-12-13-24(18-22(21)2)33-27(34)19-36-29(33)25-10-6-7-11-26(25)32(28(29)35)20-30-14-16-31(17-15-30)23-8-4-3-5-9-23/h3-13,18H,14-17,19-20H2,1-2H3/p+1/t29-/m0/s1. The quantitative estimate of drug-likeness (QED) is 0.600. The number of thioether (sulfide) groups is 1. The molecule has 3 aromatic carbocycles. The van der Waals surface area contributed by atoms with E-state index >= 15 is 0 Å². The van der Waals surface area contributed by atoms with Crippen LogP contribution in [0.1, 0.15) is 16.7 Å². The number of hydrogen-bond donors (Lipinski definition) is 1. The molecular formula is C29H31N4O2S+. The summed E-state index contributed by atoms with van der Waals surface area (Å²) < 4.78 is 0. The van der Waals surface area contributed by atoms with Gasteiger partial charge in [-0.1, -0.05) is 42.5 Å². The molecule has 2 saturated heterocycles. The fraction of sp³-hybridized carbons (Fsp3) is 0.310. The van der Waals surface area contributed by atoms with Gasteiger partial charge in [-0.3, -0.25) is 19.4 Å². The highest BCUT2D eigenvalue weighted by molar-refractivity contribution is 8.02. The molecule has 2 fully saturated rings. The fourth-order valence-corrected chi connectivity index (χ4v) is 7.04. The first-order valence-electron chi connectivity index (χ1n) is 12.6. The number of anilines is 3. The molecular weight excluding hydrogens is 468 g/mol. The summed E-state index contributed by atoms with van der Waals surface area (Å²) in [5.74, 6) is 0.275. The second-order valence-electron chi connectivity index (χ2n) is 9.91. The number of nitrogens with zero attached hydrogens (tertiary/aromatic N) is 3. The highest BCUT2D eigenvalue weighted by Gasteiger charge is 2.61. The largest absolute Gasteiger partial charge is 0.360 e. The number of carbonyl (C=O) groups excluding carboxylic acids is 2. The van der Waals surface area contributed by atoms with Gasteiger partial charge in [0.2, 0.25) is 10.8 Å². The zero-order valence-electron chi connectivity index (χ0n) is 20.7. The number of benzene rings is 3. The number of nitrogens with one attached hydrogen (secondary N) is 1. The van der Waals surface area contributed by atoms with Crippen molar-refractivity contribution in [3.63, 3.8) is 0 Å². The molecule has 2 amide bonds. The molecule has 3 aliphatic rings. The van der Waals surface area contributed by atoms with E-state index in [2.05, 4.69) is 36.1 Å². The van der Waals surface area contributed by atoms with Gasteiger partial charge in [0.15, 0.2) is 6.67 Å². The smallest absolute Gasteiger partial charge is 0.273 e. The summed E-state index contributed by atoms with van der Waals surface area (Å²) >= 11 is 1.46. The van der Waals surface area contributed by atoms with E-state index in [4.69, 9.17) is 0 Å². The normalized spacial score (nSPS) is 22.1. The predicted molar refractivity (Wildman–Crippen MR) is 146 cm³/mol. The number of aryl methyl sites for hydroxylation is 2. The lowest BCUT2D eigenvalue weighted by molar-refractivity contribution is -0.899. The SMILES string of the molecule is Cc1ccc(N2C(=O)CS[C@@]23C(=O)N(C[NH+]2CCN(c4ccccc4)CC2)c2ccccc23)cc1C. The lowest BCUT2D eigenvalue weighted by Crippen LogP contribution is -3.16. The molecule has 184 valence electrons. The number of fused-ring (bicyclic) bond motifs is 2. The van der Waals surface area contributed by atoms with Crippen molar-refractivity contribution in [1.29, 1.82) is 0 Å². The van der Waals surface area contributed by atoms with Crippen molar-refractivity contribution in [3.05, 3.63) is 89.5 Å². The molecule has 6 nitrogen and oxygen atoms in total. The summed E-state index contributed by atoms with van der Waals surface area (Å²) in [5.41, 5.74) is 6.18. The molecule has 6 rings (SSSR count). The van der Waals surface area contributed by atoms with Gasteiger partial charge in [-0.05, 0) is 55.3 Å². The van der Waals surface area contributed by atoms with Crippen molar-refractivity contribution in [1.82, 2.24) is 0 Å². The minimum absolute atomic E-state index is 0.00392. The van der Waals surface area contributed by atoms with Crippen LogP contribution in [-0.4, -0.2) is 50.4 Å². The third-order valence-corrected chi connectivity index (χ3v) is 9.17. The van der Waals surface area contributed by atoms with Crippen LogP contribution in [0, 0.1) is 13.8 Å². The van der Waals surface area contributed by atoms with E-state index in [-0.39, 0.29) is 11.8 Å². The van der Waals surface area contributed by atoms with Gasteiger partial charge in [0.05, 0.1) is 37.6 Å². The van der Waals surface area contributed by atoms with E-state index in [0.29, 0.717) is 12.4 Å². The monoisotopic (exact) mass is 499 g/mol. The molecule has 0 radical (unpaired) electrons. The molecule has 0 bridgehead atoms. The van der Waals surface area contributed by atoms with Crippen LogP contribution in [0.3, 0.4) is 0 Å². The Hall–Kier alpha value is -3.29. The third-order valence-electron chi connectivity index (χ3n) is 7.79. The maximum atomic E-state index is 14.3. The molecule has 0 unspecified atom stereocenters. The molecule has 1 spiro atoms. The second kappa shape index (κ2) is 8.98. The first-order chi connectivity index (χ1) is 17.5. The van der Waals surface area contributed by atoms with Gasteiger partial charge in [0.1, 0.15) is 0 Å². The Balaban J connectivity index is 1.29. The Bertz CT molecular complexity index is 1320. The molecule has 0 saturated carbocycles. The van der Waals surface area contributed by atoms with E-state index in [9.17, 15) is 9.59 Å². The average Bonchev–Trinajstić information content (AvgIpc) is 3.37. The number of piperazine rings is 1. The van der Waals surface area contributed by atoms with Gasteiger partial charge >= 0.3 is 0 Å². The van der Waals surface area contributed by atoms with Crippen LogP contribution in [-0.2, 0) is 14.5 Å². The Morgan fingerprint density at radius 2 is 1.58 bits per heavy atom. The Morgan fingerprint density at radius 1 is 0.861 bits per heavy atom. The van der Waals surface area contributed by atoms with Crippen LogP contribution in [0.4, 0.5) is 17.1 Å². The first kappa shape index (κ1) is 23.1. The number of hydrogen-bond acceptors (Lipinski definition) is 4. The molecule has 3 aromatic rings. The summed E-state index contributed by atoms with van der Waals surface area (Å²) in [7, 11) is 0. The van der Waals surface area contributed by atoms with Gasteiger partial charge in [0, 0.05) is 16.9 Å². The summed E-state index contributed by atoms with van der Waals surface area (Å²) in [6.07, 6.45) is 0. The minimum atomic E-state index is -1.04. The Kier molecular flexibility index (Phi) is 5.77. The number of para-hydroxylation sites is 2. The number of rotatable bonds is 4. The van der Waals surface area contributed by atoms with Crippen LogP contribution in [0.25, 0.3) is 0 Å². The van der Waals surface area contributed by atoms with Gasteiger partial charge in [-0.2, -0.15) is 0 Å². The maximum Gasteiger partial charge on any atom is 0.273 e. The van der Waals surface area contributed by atoms with E-state index in [1.54, 1.807) is 4.90 Å². The molecule has 3 heterocycles. The molecule has 1 atom stereocenters. The highest BCUT2D eigenvalue weighted by Crippen LogP contribution is 2.55. The van der Waals surface area contributed by atoms with Crippen molar-refractivity contribution >= 4 is 40.6 Å². The molecule has 0 aliphatic carbocycles. The minimum Gasteiger partial charge on any atom is -0.360 e. The van der Waals surface area contributed by atoms with E-state index in [1.807, 2.05) is 60.4 Å². The third kappa shape index (κ3) is 3.61. The second-order valence-corrected chi connectivity index (χ2v) is 11.1. The number of amides is 2. The summed E-state index contributed by atoms with van der Waals surface area (Å²) in [4.78, 5) is 34.0. The van der Waals surface area contributed by atoms with Crippen molar-refractivity contribution in [2.45, 2.75) is 18.7 Å². The molecule has 7 heteroatoms. The maximum absolute atomic E-state index is 14.3. The lowest BCUT2D eigenvalue weighted by Gasteiger charge is -2.36. The van der Waals surface area contributed by atoms with Crippen LogP contribution in [0.15, 0.2) is 72.8 Å². The Morgan fingerprint density at radius 3 is 2.33 bits per heavy atom. The van der Waals surface area contributed by atoms with E-state index in [1.165, 1.54) is 27.9 Å². The van der Waals surface area contributed by atoms with Crippen molar-refractivity contribution in [2.75, 3.05) is 53.3 Å². The van der Waals surface area contributed by atoms with Crippen molar-refractivity contribution < 1.29 is 14.5 Å². The van der Waals surface area contributed by atoms with Gasteiger partial charge in [0.25, 0.3) is 5.91 Å². The van der Waals surface area contributed by atoms with Gasteiger partial charge in [-0.25, -0.2) is 0 Å². The first-order valence-corrected chi connectivity index (χ1v) is 13.6. The van der Waals surface area contributed by atoms with E-state index in [0.717, 1.165) is 48.7 Å². The summed E-state index contributed by atoms with van der Waals surface area (Å²) in [6.45, 7) is 8.55. The van der Waals surface area contributed by atoms with Crippen LogP contribution in [0.5, 0.6) is 0 Å². The van der Waals surface area contributed by atoms with Gasteiger partial charge < -0.3 is 9.80 Å². The Labute approximate surface area is 216 Å². The van der Waals surface area contributed by atoms with E-state index < -0.39 is 4.87 Å². The molecule has 3 aliphatic heterocycles. The zero-order valence-corrected chi connectivity index (χ0v) is 21.6. The zero-order chi connectivity index (χ0) is 24.9.